The summed E-state index contributed by atoms with van der Waals surface area (Å²) in [4.78, 5) is 10.8. The van der Waals surface area contributed by atoms with Crippen molar-refractivity contribution in [3.63, 3.8) is 0 Å². The van der Waals surface area contributed by atoms with Gasteiger partial charge in [-0.25, -0.2) is 9.97 Å². The van der Waals surface area contributed by atoms with Crippen LogP contribution in [0.25, 0.3) is 22.5 Å². The molecule has 9 heteroatoms. The van der Waals surface area contributed by atoms with E-state index in [1.165, 1.54) is 45.4 Å². The standard InChI is InChI=1S/C26H29FN6O2/c1-35-23-10-16(13-28-25(23)27)15-5-8-21(22(34)9-15)26-29-14-24(31-32-26)33(19-6-7-19)20-11-17-3-2-4-18(12-20)30-17/h5,8-10,13-14,17-20,30,34H,2-4,6-7,11-12H2,1H3/t17-,18+,20-. The summed E-state index contributed by atoms with van der Waals surface area (Å²) in [7, 11) is 1.39. The number of nitrogens with one attached hydrogen (secondary N) is 1. The van der Waals surface area contributed by atoms with Crippen molar-refractivity contribution in [3.05, 3.63) is 42.6 Å². The fraction of sp³-hybridized carbons (Fsp3) is 0.462. The highest BCUT2D eigenvalue weighted by Gasteiger charge is 2.40. The first-order valence-corrected chi connectivity index (χ1v) is 12.4. The van der Waals surface area contributed by atoms with Gasteiger partial charge in [0.25, 0.3) is 5.95 Å². The maximum atomic E-state index is 13.7. The summed E-state index contributed by atoms with van der Waals surface area (Å²) in [5, 5.41) is 23.4. The van der Waals surface area contributed by atoms with Gasteiger partial charge in [0.2, 0.25) is 0 Å². The van der Waals surface area contributed by atoms with Gasteiger partial charge in [-0.05, 0) is 62.3 Å². The van der Waals surface area contributed by atoms with E-state index in [2.05, 4.69) is 30.4 Å². The van der Waals surface area contributed by atoms with E-state index in [1.807, 2.05) is 6.07 Å². The molecule has 2 bridgehead atoms. The van der Waals surface area contributed by atoms with Crippen LogP contribution in [-0.4, -0.2) is 56.5 Å². The summed E-state index contributed by atoms with van der Waals surface area (Å²) in [6.07, 6.45) is 11.7. The second-order valence-electron chi connectivity index (χ2n) is 9.84. The molecular formula is C26H29FN6O2. The summed E-state index contributed by atoms with van der Waals surface area (Å²) < 4.78 is 18.7. The highest BCUT2D eigenvalue weighted by atomic mass is 19.1. The van der Waals surface area contributed by atoms with Crippen molar-refractivity contribution in [2.75, 3.05) is 12.0 Å². The van der Waals surface area contributed by atoms with Crippen molar-refractivity contribution in [2.45, 2.75) is 69.1 Å². The number of methoxy groups -OCH3 is 1. The van der Waals surface area contributed by atoms with Gasteiger partial charge < -0.3 is 20.1 Å². The summed E-state index contributed by atoms with van der Waals surface area (Å²) in [6.45, 7) is 0. The van der Waals surface area contributed by atoms with Crippen LogP contribution in [0.3, 0.4) is 0 Å². The summed E-state index contributed by atoms with van der Waals surface area (Å²) in [5.41, 5.74) is 1.80. The van der Waals surface area contributed by atoms with E-state index in [0.717, 1.165) is 18.7 Å². The Labute approximate surface area is 203 Å². The predicted octanol–water partition coefficient (Wildman–Crippen LogP) is 4.10. The molecule has 2 aromatic heterocycles. The van der Waals surface area contributed by atoms with Crippen LogP contribution in [0, 0.1) is 5.95 Å². The second kappa shape index (κ2) is 9.03. The van der Waals surface area contributed by atoms with E-state index in [4.69, 9.17) is 4.74 Å². The Hall–Kier alpha value is -3.33. The van der Waals surface area contributed by atoms with Crippen LogP contribution >= 0.6 is 0 Å². The van der Waals surface area contributed by atoms with Gasteiger partial charge in [0, 0.05) is 35.9 Å². The number of phenols is 1. The highest BCUT2D eigenvalue weighted by Crippen LogP contribution is 2.38. The van der Waals surface area contributed by atoms with Crippen LogP contribution in [-0.2, 0) is 0 Å². The average Bonchev–Trinajstić information content (AvgIpc) is 3.70. The number of aromatic hydroxyl groups is 1. The molecule has 2 saturated heterocycles. The molecule has 3 aliphatic rings. The second-order valence-corrected chi connectivity index (χ2v) is 9.84. The number of nitrogens with zero attached hydrogens (tertiary/aromatic N) is 5. The lowest BCUT2D eigenvalue weighted by molar-refractivity contribution is 0.215. The van der Waals surface area contributed by atoms with Crippen LogP contribution < -0.4 is 15.0 Å². The zero-order valence-electron chi connectivity index (χ0n) is 19.7. The number of benzene rings is 1. The molecule has 0 radical (unpaired) electrons. The first-order chi connectivity index (χ1) is 17.1. The van der Waals surface area contributed by atoms with Crippen molar-refractivity contribution in [1.29, 1.82) is 0 Å². The number of anilines is 1. The topological polar surface area (TPSA) is 96.3 Å². The van der Waals surface area contributed by atoms with E-state index in [0.29, 0.717) is 46.7 Å². The van der Waals surface area contributed by atoms with Gasteiger partial charge in [0.05, 0.1) is 18.9 Å². The number of halogens is 1. The van der Waals surface area contributed by atoms with Gasteiger partial charge in [-0.3, -0.25) is 0 Å². The summed E-state index contributed by atoms with van der Waals surface area (Å²) >= 11 is 0. The van der Waals surface area contributed by atoms with Crippen molar-refractivity contribution in [2.24, 2.45) is 0 Å². The average molecular weight is 477 g/mol. The molecule has 1 aliphatic carbocycles. The van der Waals surface area contributed by atoms with Gasteiger partial charge in [-0.15, -0.1) is 10.2 Å². The number of fused-ring (bicyclic) bond motifs is 2. The first kappa shape index (κ1) is 22.2. The number of phenolic OH excluding ortho intramolecular Hbond substituents is 1. The predicted molar refractivity (Wildman–Crippen MR) is 130 cm³/mol. The Morgan fingerprint density at radius 2 is 1.77 bits per heavy atom. The maximum Gasteiger partial charge on any atom is 0.255 e. The zero-order valence-corrected chi connectivity index (χ0v) is 19.7. The van der Waals surface area contributed by atoms with Gasteiger partial charge in [0.15, 0.2) is 17.4 Å². The van der Waals surface area contributed by atoms with Crippen LogP contribution in [0.2, 0.25) is 0 Å². The number of aromatic nitrogens is 4. The largest absolute Gasteiger partial charge is 0.507 e. The van der Waals surface area contributed by atoms with Crippen molar-refractivity contribution in [3.8, 4) is 34.0 Å². The van der Waals surface area contributed by atoms with Gasteiger partial charge in [-0.2, -0.15) is 4.39 Å². The Balaban J connectivity index is 1.24. The Morgan fingerprint density at radius 3 is 2.43 bits per heavy atom. The number of hydrogen-bond acceptors (Lipinski definition) is 8. The molecule has 3 fully saturated rings. The first-order valence-electron chi connectivity index (χ1n) is 12.4. The molecular weight excluding hydrogens is 447 g/mol. The quantitative estimate of drug-likeness (QED) is 0.514. The number of piperidine rings is 2. The number of ether oxygens (including phenoxy) is 1. The van der Waals surface area contributed by atoms with Crippen LogP contribution in [0.15, 0.2) is 36.7 Å². The minimum absolute atomic E-state index is 0.0190. The molecule has 3 aromatic rings. The Bertz CT molecular complexity index is 1210. The monoisotopic (exact) mass is 476 g/mol. The van der Waals surface area contributed by atoms with Crippen molar-refractivity contribution < 1.29 is 14.2 Å². The third kappa shape index (κ3) is 4.40. The highest BCUT2D eigenvalue weighted by molar-refractivity contribution is 5.73. The summed E-state index contributed by atoms with van der Waals surface area (Å²) in [5.74, 6) is 0.578. The Kier molecular flexibility index (Phi) is 5.72. The van der Waals surface area contributed by atoms with E-state index in [9.17, 15) is 9.50 Å². The molecule has 2 aliphatic heterocycles. The fourth-order valence-corrected chi connectivity index (χ4v) is 5.63. The third-order valence-electron chi connectivity index (χ3n) is 7.44. The lowest BCUT2D eigenvalue weighted by Gasteiger charge is -2.45. The molecule has 1 aromatic carbocycles. The van der Waals surface area contributed by atoms with Crippen LogP contribution in [0.1, 0.15) is 44.9 Å². The summed E-state index contributed by atoms with van der Waals surface area (Å²) in [6, 6.07) is 8.87. The normalized spacial score (nSPS) is 23.7. The zero-order chi connectivity index (χ0) is 23.9. The molecule has 0 spiro atoms. The maximum absolute atomic E-state index is 13.7. The van der Waals surface area contributed by atoms with E-state index in [-0.39, 0.29) is 11.5 Å². The molecule has 35 heavy (non-hydrogen) atoms. The minimum Gasteiger partial charge on any atom is -0.507 e. The molecule has 6 rings (SSSR count). The van der Waals surface area contributed by atoms with Crippen LogP contribution in [0.5, 0.6) is 11.5 Å². The van der Waals surface area contributed by atoms with Gasteiger partial charge in [0.1, 0.15) is 5.75 Å². The van der Waals surface area contributed by atoms with Crippen molar-refractivity contribution >= 4 is 5.82 Å². The van der Waals surface area contributed by atoms with E-state index in [1.54, 1.807) is 24.4 Å². The molecule has 0 amide bonds. The lowest BCUT2D eigenvalue weighted by atomic mass is 9.83. The van der Waals surface area contributed by atoms with Gasteiger partial charge in [-0.1, -0.05) is 12.5 Å². The SMILES string of the molecule is COc1cc(-c2ccc(-c3ncc(N(C4CC4)[C@@H]4C[C@H]5CCC[C@@H](C4)N5)nn3)c(O)c2)cnc1F. The lowest BCUT2D eigenvalue weighted by Crippen LogP contribution is -2.55. The molecule has 8 nitrogen and oxygen atoms in total. The molecule has 3 atom stereocenters. The van der Waals surface area contributed by atoms with Crippen LogP contribution in [0.4, 0.5) is 10.2 Å². The molecule has 4 heterocycles. The molecule has 1 saturated carbocycles. The van der Waals surface area contributed by atoms with E-state index < -0.39 is 5.95 Å². The van der Waals surface area contributed by atoms with E-state index >= 15 is 0 Å². The van der Waals surface area contributed by atoms with Crippen molar-refractivity contribution in [1.82, 2.24) is 25.5 Å². The number of pyridine rings is 1. The smallest absolute Gasteiger partial charge is 0.255 e. The number of rotatable bonds is 6. The minimum atomic E-state index is -0.676. The molecule has 0 unspecified atom stereocenters. The molecule has 182 valence electrons. The number of hydrogen-bond donors (Lipinski definition) is 2. The Morgan fingerprint density at radius 1 is 0.971 bits per heavy atom. The van der Waals surface area contributed by atoms with Gasteiger partial charge >= 0.3 is 0 Å². The molecule has 2 N–H and O–H groups in total. The fourth-order valence-electron chi connectivity index (χ4n) is 5.63. The third-order valence-corrected chi connectivity index (χ3v) is 7.44.